The van der Waals surface area contributed by atoms with Crippen molar-refractivity contribution in [2.24, 2.45) is 5.92 Å². The van der Waals surface area contributed by atoms with Gasteiger partial charge in [0.1, 0.15) is 17.7 Å². The lowest BCUT2D eigenvalue weighted by atomic mass is 9.94. The lowest BCUT2D eigenvalue weighted by molar-refractivity contribution is -0.150. The highest BCUT2D eigenvalue weighted by Crippen LogP contribution is 2.26. The zero-order valence-corrected chi connectivity index (χ0v) is 14.2. The molecule has 2 aliphatic heterocycles. The Bertz CT molecular complexity index is 732. The molecule has 0 saturated carbocycles. The molecule has 26 heavy (non-hydrogen) atoms. The van der Waals surface area contributed by atoms with Crippen molar-refractivity contribution in [3.8, 4) is 0 Å². The number of piperidine rings is 1. The number of hydrogen-bond donors (Lipinski definition) is 1. The Kier molecular flexibility index (Phi) is 5.20. The second kappa shape index (κ2) is 7.39. The van der Waals surface area contributed by atoms with Gasteiger partial charge in [-0.2, -0.15) is 0 Å². The van der Waals surface area contributed by atoms with Crippen LogP contribution in [0.1, 0.15) is 36.0 Å². The molecule has 8 heteroatoms. The number of rotatable bonds is 3. The Labute approximate surface area is 149 Å². The Morgan fingerprint density at radius 3 is 2.35 bits per heavy atom. The summed E-state index contributed by atoms with van der Waals surface area (Å²) >= 11 is 0. The number of carboxylic acid groups (broad SMARTS) is 1. The van der Waals surface area contributed by atoms with E-state index < -0.39 is 29.6 Å². The molecular weight excluding hydrogens is 346 g/mol. The highest BCUT2D eigenvalue weighted by atomic mass is 19.1. The molecule has 140 valence electrons. The van der Waals surface area contributed by atoms with E-state index in [0.717, 1.165) is 12.1 Å². The third-order valence-electron chi connectivity index (χ3n) is 5.11. The molecule has 1 atom stereocenters. The molecule has 2 amide bonds. The molecule has 0 unspecified atom stereocenters. The van der Waals surface area contributed by atoms with Crippen LogP contribution >= 0.6 is 0 Å². The van der Waals surface area contributed by atoms with Gasteiger partial charge in [0.25, 0.3) is 5.91 Å². The molecule has 0 radical (unpaired) electrons. The van der Waals surface area contributed by atoms with Crippen LogP contribution in [0.4, 0.5) is 8.78 Å². The summed E-state index contributed by atoms with van der Waals surface area (Å²) in [6.07, 6.45) is 1.93. The zero-order valence-electron chi connectivity index (χ0n) is 14.2. The number of halogens is 2. The molecule has 0 spiro atoms. The molecule has 3 rings (SSSR count). The van der Waals surface area contributed by atoms with Crippen molar-refractivity contribution in [3.05, 3.63) is 35.4 Å². The van der Waals surface area contributed by atoms with Crippen LogP contribution in [-0.2, 0) is 9.59 Å². The van der Waals surface area contributed by atoms with E-state index >= 15 is 0 Å². The smallest absolute Gasteiger partial charge is 0.326 e. The van der Waals surface area contributed by atoms with E-state index in [1.807, 2.05) is 0 Å². The van der Waals surface area contributed by atoms with E-state index in [-0.39, 0.29) is 30.5 Å². The third-order valence-corrected chi connectivity index (χ3v) is 5.11. The van der Waals surface area contributed by atoms with Gasteiger partial charge in [0.15, 0.2) is 0 Å². The fraction of sp³-hybridized carbons (Fsp3) is 0.500. The Hall–Kier alpha value is -2.51. The summed E-state index contributed by atoms with van der Waals surface area (Å²) < 4.78 is 26.8. The maximum atomic E-state index is 13.8. The first-order valence-electron chi connectivity index (χ1n) is 8.66. The SMILES string of the molecule is O=C(O)[C@H]1CCCN1C(=O)C1CCN(C(=O)c2ccc(F)cc2F)CC1. The van der Waals surface area contributed by atoms with E-state index in [4.69, 9.17) is 0 Å². The summed E-state index contributed by atoms with van der Waals surface area (Å²) in [6.45, 7) is 0.991. The average Bonchev–Trinajstić information content (AvgIpc) is 3.11. The first kappa shape index (κ1) is 18.3. The Morgan fingerprint density at radius 1 is 1.04 bits per heavy atom. The van der Waals surface area contributed by atoms with Crippen LogP contribution in [-0.4, -0.2) is 58.4 Å². The number of benzene rings is 1. The largest absolute Gasteiger partial charge is 0.480 e. The molecule has 2 heterocycles. The fourth-order valence-corrected chi connectivity index (χ4v) is 3.68. The second-order valence-electron chi connectivity index (χ2n) is 6.72. The number of nitrogens with zero attached hydrogens (tertiary/aromatic N) is 2. The highest BCUT2D eigenvalue weighted by molar-refractivity contribution is 5.94. The summed E-state index contributed by atoms with van der Waals surface area (Å²) in [5.41, 5.74) is -0.193. The summed E-state index contributed by atoms with van der Waals surface area (Å²) in [4.78, 5) is 39.1. The van der Waals surface area contributed by atoms with Crippen molar-refractivity contribution < 1.29 is 28.3 Å². The maximum absolute atomic E-state index is 13.8. The molecule has 6 nitrogen and oxygen atoms in total. The van der Waals surface area contributed by atoms with Gasteiger partial charge in [0.05, 0.1) is 5.56 Å². The summed E-state index contributed by atoms with van der Waals surface area (Å²) in [7, 11) is 0. The number of aliphatic carboxylic acids is 1. The van der Waals surface area contributed by atoms with Gasteiger partial charge in [-0.25, -0.2) is 13.6 Å². The summed E-state index contributed by atoms with van der Waals surface area (Å²) in [5, 5.41) is 9.21. The van der Waals surface area contributed by atoms with E-state index in [1.165, 1.54) is 9.80 Å². The molecule has 0 aliphatic carbocycles. The third kappa shape index (κ3) is 3.54. The molecule has 0 bridgehead atoms. The minimum Gasteiger partial charge on any atom is -0.480 e. The zero-order chi connectivity index (χ0) is 18.8. The molecule has 1 aromatic rings. The number of carboxylic acids is 1. The van der Waals surface area contributed by atoms with E-state index in [9.17, 15) is 28.3 Å². The van der Waals surface area contributed by atoms with Crippen LogP contribution in [0.3, 0.4) is 0 Å². The van der Waals surface area contributed by atoms with E-state index in [1.54, 1.807) is 0 Å². The Balaban J connectivity index is 1.61. The molecule has 1 aromatic carbocycles. The maximum Gasteiger partial charge on any atom is 0.326 e. The van der Waals surface area contributed by atoms with Crippen LogP contribution < -0.4 is 0 Å². The summed E-state index contributed by atoms with van der Waals surface area (Å²) in [5.74, 6) is -3.70. The lowest BCUT2D eigenvalue weighted by Gasteiger charge is -2.34. The minimum atomic E-state index is -0.991. The fourth-order valence-electron chi connectivity index (χ4n) is 3.68. The van der Waals surface area contributed by atoms with Gasteiger partial charge in [-0.1, -0.05) is 0 Å². The predicted molar refractivity (Wildman–Crippen MR) is 87.4 cm³/mol. The second-order valence-corrected chi connectivity index (χ2v) is 6.72. The standard InChI is InChI=1S/C18H20F2N2O4/c19-12-3-4-13(14(20)10-12)17(24)21-8-5-11(6-9-21)16(23)22-7-1-2-15(22)18(25)26/h3-4,10-11,15H,1-2,5-9H2,(H,25,26)/t15-/m1/s1. The number of carbonyl (C=O) groups is 3. The van der Waals surface area contributed by atoms with Gasteiger partial charge >= 0.3 is 5.97 Å². The van der Waals surface area contributed by atoms with Gasteiger partial charge in [-0.05, 0) is 37.8 Å². The Morgan fingerprint density at radius 2 is 1.73 bits per heavy atom. The molecule has 1 N–H and O–H groups in total. The number of likely N-dealkylation sites (tertiary alicyclic amines) is 2. The van der Waals surface area contributed by atoms with Crippen LogP contribution in [0, 0.1) is 17.6 Å². The van der Waals surface area contributed by atoms with E-state index in [2.05, 4.69) is 0 Å². The van der Waals surface area contributed by atoms with Crippen molar-refractivity contribution in [3.63, 3.8) is 0 Å². The van der Waals surface area contributed by atoms with Gasteiger partial charge < -0.3 is 14.9 Å². The molecule has 2 aliphatic rings. The molecule has 2 fully saturated rings. The van der Waals surface area contributed by atoms with Crippen LogP contribution in [0.25, 0.3) is 0 Å². The predicted octanol–water partition coefficient (Wildman–Crippen LogP) is 1.89. The molecular formula is C18H20F2N2O4. The first-order chi connectivity index (χ1) is 12.4. The normalized spacial score (nSPS) is 21.1. The van der Waals surface area contributed by atoms with Crippen molar-refractivity contribution in [2.45, 2.75) is 31.7 Å². The summed E-state index contributed by atoms with van der Waals surface area (Å²) in [6, 6.07) is 2.05. The van der Waals surface area contributed by atoms with Crippen molar-refractivity contribution in [2.75, 3.05) is 19.6 Å². The van der Waals surface area contributed by atoms with Crippen LogP contribution in [0.5, 0.6) is 0 Å². The average molecular weight is 366 g/mol. The quantitative estimate of drug-likeness (QED) is 0.886. The van der Waals surface area contributed by atoms with Crippen molar-refractivity contribution in [1.29, 1.82) is 0 Å². The number of carbonyl (C=O) groups excluding carboxylic acids is 2. The van der Waals surface area contributed by atoms with Crippen LogP contribution in [0.2, 0.25) is 0 Å². The first-order valence-corrected chi connectivity index (χ1v) is 8.66. The molecule has 0 aromatic heterocycles. The van der Waals surface area contributed by atoms with Crippen molar-refractivity contribution in [1.82, 2.24) is 9.80 Å². The topological polar surface area (TPSA) is 77.9 Å². The van der Waals surface area contributed by atoms with Gasteiger partial charge in [-0.15, -0.1) is 0 Å². The monoisotopic (exact) mass is 366 g/mol. The number of hydrogen-bond acceptors (Lipinski definition) is 3. The van der Waals surface area contributed by atoms with Gasteiger partial charge in [-0.3, -0.25) is 9.59 Å². The minimum absolute atomic E-state index is 0.185. The highest BCUT2D eigenvalue weighted by Gasteiger charge is 2.38. The lowest BCUT2D eigenvalue weighted by Crippen LogP contribution is -2.47. The van der Waals surface area contributed by atoms with Crippen molar-refractivity contribution >= 4 is 17.8 Å². The van der Waals surface area contributed by atoms with Crippen LogP contribution in [0.15, 0.2) is 18.2 Å². The van der Waals surface area contributed by atoms with E-state index in [0.29, 0.717) is 38.3 Å². The number of amides is 2. The van der Waals surface area contributed by atoms with Gasteiger partial charge in [0, 0.05) is 31.6 Å². The van der Waals surface area contributed by atoms with Gasteiger partial charge in [0.2, 0.25) is 5.91 Å². The molecule has 2 saturated heterocycles.